The topological polar surface area (TPSA) is 85.6 Å². The third-order valence-corrected chi connectivity index (χ3v) is 3.62. The number of tetrazole rings is 1. The highest BCUT2D eigenvalue weighted by molar-refractivity contribution is 5.95. The van der Waals surface area contributed by atoms with Crippen LogP contribution in [0.15, 0.2) is 12.1 Å². The maximum absolute atomic E-state index is 12.4. The number of carbonyl (C=O) groups is 1. The quantitative estimate of drug-likeness (QED) is 0.920. The van der Waals surface area contributed by atoms with E-state index in [1.807, 2.05) is 31.5 Å². The summed E-state index contributed by atoms with van der Waals surface area (Å²) in [6, 6.07) is 3.77. The van der Waals surface area contributed by atoms with Gasteiger partial charge in [0.05, 0.1) is 23.3 Å². The van der Waals surface area contributed by atoms with Gasteiger partial charge in [0, 0.05) is 5.69 Å². The van der Waals surface area contributed by atoms with Gasteiger partial charge in [0.1, 0.15) is 0 Å². The van der Waals surface area contributed by atoms with E-state index in [1.54, 1.807) is 6.07 Å². The molecular formula is C14H18N6O. The molecule has 110 valence electrons. The van der Waals surface area contributed by atoms with Crippen molar-refractivity contribution in [3.8, 4) is 0 Å². The van der Waals surface area contributed by atoms with E-state index in [0.717, 1.165) is 24.2 Å². The highest BCUT2D eigenvalue weighted by atomic mass is 16.1. The Balaban J connectivity index is 1.76. The number of nitrogens with zero attached hydrogens (tertiary/aromatic N) is 5. The maximum atomic E-state index is 12.4. The zero-order chi connectivity index (χ0) is 15.0. The molecule has 0 spiro atoms. The summed E-state index contributed by atoms with van der Waals surface area (Å²) in [5.74, 6) is 0.543. The fourth-order valence-corrected chi connectivity index (χ4v) is 2.33. The van der Waals surface area contributed by atoms with Gasteiger partial charge >= 0.3 is 0 Å². The Morgan fingerprint density at radius 3 is 2.81 bits per heavy atom. The zero-order valence-corrected chi connectivity index (χ0v) is 12.4. The van der Waals surface area contributed by atoms with Crippen LogP contribution in [0.3, 0.4) is 0 Å². The lowest BCUT2D eigenvalue weighted by atomic mass is 10.1. The lowest BCUT2D eigenvalue weighted by Gasteiger charge is -2.14. The molecule has 1 N–H and O–H groups in total. The van der Waals surface area contributed by atoms with Gasteiger partial charge < -0.3 is 5.32 Å². The Hall–Kier alpha value is -2.31. The average Bonchev–Trinajstić information content (AvgIpc) is 3.15. The molecule has 2 aromatic heterocycles. The second-order valence-corrected chi connectivity index (χ2v) is 5.49. The number of amides is 1. The van der Waals surface area contributed by atoms with Gasteiger partial charge in [-0.2, -0.15) is 0 Å². The summed E-state index contributed by atoms with van der Waals surface area (Å²) < 4.78 is 1.81. The van der Waals surface area contributed by atoms with E-state index in [2.05, 4.69) is 25.8 Å². The van der Waals surface area contributed by atoms with Crippen LogP contribution >= 0.6 is 0 Å². The molecule has 2 heterocycles. The normalized spacial score (nSPS) is 15.8. The molecule has 21 heavy (non-hydrogen) atoms. The molecule has 0 unspecified atom stereocenters. The number of hydrogen-bond donors (Lipinski definition) is 1. The van der Waals surface area contributed by atoms with E-state index >= 15 is 0 Å². The minimum absolute atomic E-state index is 0.155. The summed E-state index contributed by atoms with van der Waals surface area (Å²) in [5.41, 5.74) is 2.20. The first kappa shape index (κ1) is 13.7. The van der Waals surface area contributed by atoms with Crippen LogP contribution in [0, 0.1) is 13.8 Å². The third-order valence-electron chi connectivity index (χ3n) is 3.62. The van der Waals surface area contributed by atoms with Gasteiger partial charge in [0.25, 0.3) is 5.91 Å². The van der Waals surface area contributed by atoms with Crippen LogP contribution in [0.4, 0.5) is 0 Å². The SMILES string of the molecule is Cc1ccc(C(=O)N[C@H](C)c2nnnn2C2CC2)c(C)n1. The van der Waals surface area contributed by atoms with Crippen LogP contribution in [-0.4, -0.2) is 31.1 Å². The van der Waals surface area contributed by atoms with E-state index in [9.17, 15) is 4.79 Å². The van der Waals surface area contributed by atoms with Crippen molar-refractivity contribution in [1.29, 1.82) is 0 Å². The number of aromatic nitrogens is 5. The summed E-state index contributed by atoms with van der Waals surface area (Å²) in [6.45, 7) is 5.63. The van der Waals surface area contributed by atoms with E-state index < -0.39 is 0 Å². The number of pyridine rings is 1. The highest BCUT2D eigenvalue weighted by Gasteiger charge is 2.30. The summed E-state index contributed by atoms with van der Waals surface area (Å²) >= 11 is 0. The van der Waals surface area contributed by atoms with Crippen molar-refractivity contribution in [2.24, 2.45) is 0 Å². The Morgan fingerprint density at radius 2 is 2.14 bits per heavy atom. The Kier molecular flexibility index (Phi) is 3.40. The van der Waals surface area contributed by atoms with E-state index in [0.29, 0.717) is 17.4 Å². The zero-order valence-electron chi connectivity index (χ0n) is 12.4. The predicted octanol–water partition coefficient (Wildman–Crippen LogP) is 1.51. The fourth-order valence-electron chi connectivity index (χ4n) is 2.33. The molecule has 1 aliphatic carbocycles. The van der Waals surface area contributed by atoms with Gasteiger partial charge in [0.2, 0.25) is 0 Å². The van der Waals surface area contributed by atoms with Crippen LogP contribution in [0.5, 0.6) is 0 Å². The molecule has 1 aliphatic rings. The highest BCUT2D eigenvalue weighted by Crippen LogP contribution is 2.35. The molecule has 1 saturated carbocycles. The van der Waals surface area contributed by atoms with E-state index in [-0.39, 0.29) is 11.9 Å². The van der Waals surface area contributed by atoms with Crippen LogP contribution in [-0.2, 0) is 0 Å². The Morgan fingerprint density at radius 1 is 1.38 bits per heavy atom. The minimum atomic E-state index is -0.242. The van der Waals surface area contributed by atoms with Crippen molar-refractivity contribution in [2.45, 2.75) is 45.7 Å². The molecule has 0 bridgehead atoms. The molecule has 0 aliphatic heterocycles. The Labute approximate surface area is 122 Å². The average molecular weight is 286 g/mol. The molecular weight excluding hydrogens is 268 g/mol. The predicted molar refractivity (Wildman–Crippen MR) is 75.7 cm³/mol. The molecule has 2 aromatic rings. The van der Waals surface area contributed by atoms with E-state index in [1.165, 1.54) is 0 Å². The van der Waals surface area contributed by atoms with Gasteiger partial charge in [-0.3, -0.25) is 9.78 Å². The molecule has 1 atom stereocenters. The standard InChI is InChI=1S/C14H18N6O/c1-8-4-7-12(9(2)15-8)14(21)16-10(3)13-17-18-19-20(13)11-5-6-11/h4,7,10-11H,5-6H2,1-3H3,(H,16,21)/t10-/m1/s1. The summed E-state index contributed by atoms with van der Waals surface area (Å²) in [5, 5.41) is 14.7. The molecule has 1 fully saturated rings. The summed E-state index contributed by atoms with van der Waals surface area (Å²) in [7, 11) is 0. The molecule has 0 saturated heterocycles. The number of hydrogen-bond acceptors (Lipinski definition) is 5. The molecule has 0 aromatic carbocycles. The summed E-state index contributed by atoms with van der Waals surface area (Å²) in [6.07, 6.45) is 2.19. The number of aryl methyl sites for hydroxylation is 2. The fraction of sp³-hybridized carbons (Fsp3) is 0.500. The van der Waals surface area contributed by atoms with Crippen LogP contribution in [0.1, 0.15) is 59.4 Å². The van der Waals surface area contributed by atoms with E-state index in [4.69, 9.17) is 0 Å². The number of rotatable bonds is 4. The van der Waals surface area contributed by atoms with Crippen molar-refractivity contribution < 1.29 is 4.79 Å². The van der Waals surface area contributed by atoms with Gasteiger partial charge in [-0.1, -0.05) is 0 Å². The lowest BCUT2D eigenvalue weighted by Crippen LogP contribution is -2.29. The largest absolute Gasteiger partial charge is 0.342 e. The third kappa shape index (κ3) is 2.76. The van der Waals surface area contributed by atoms with Gasteiger partial charge in [-0.05, 0) is 56.2 Å². The smallest absolute Gasteiger partial charge is 0.253 e. The van der Waals surface area contributed by atoms with Crippen LogP contribution < -0.4 is 5.32 Å². The number of carbonyl (C=O) groups excluding carboxylic acids is 1. The van der Waals surface area contributed by atoms with Crippen LogP contribution in [0.2, 0.25) is 0 Å². The first-order valence-corrected chi connectivity index (χ1v) is 7.09. The maximum Gasteiger partial charge on any atom is 0.253 e. The number of nitrogens with one attached hydrogen (secondary N) is 1. The van der Waals surface area contributed by atoms with Gasteiger partial charge in [-0.25, -0.2) is 4.68 Å². The molecule has 0 radical (unpaired) electrons. The second kappa shape index (κ2) is 5.23. The minimum Gasteiger partial charge on any atom is -0.342 e. The molecule has 7 heteroatoms. The van der Waals surface area contributed by atoms with Crippen molar-refractivity contribution in [1.82, 2.24) is 30.5 Å². The first-order valence-electron chi connectivity index (χ1n) is 7.09. The van der Waals surface area contributed by atoms with Crippen molar-refractivity contribution in [2.75, 3.05) is 0 Å². The van der Waals surface area contributed by atoms with Crippen molar-refractivity contribution >= 4 is 5.91 Å². The monoisotopic (exact) mass is 286 g/mol. The first-order chi connectivity index (χ1) is 10.1. The second-order valence-electron chi connectivity index (χ2n) is 5.49. The van der Waals surface area contributed by atoms with Gasteiger partial charge in [0.15, 0.2) is 5.82 Å². The lowest BCUT2D eigenvalue weighted by molar-refractivity contribution is 0.0936. The molecule has 3 rings (SSSR count). The molecule has 1 amide bonds. The van der Waals surface area contributed by atoms with Crippen LogP contribution in [0.25, 0.3) is 0 Å². The van der Waals surface area contributed by atoms with Crippen molar-refractivity contribution in [3.63, 3.8) is 0 Å². The molecule has 7 nitrogen and oxygen atoms in total. The van der Waals surface area contributed by atoms with Crippen molar-refractivity contribution in [3.05, 3.63) is 34.9 Å². The summed E-state index contributed by atoms with van der Waals surface area (Å²) in [4.78, 5) is 16.7. The van der Waals surface area contributed by atoms with Gasteiger partial charge in [-0.15, -0.1) is 5.10 Å². The Bertz CT molecular complexity index is 676.